The first-order valence-electron chi connectivity index (χ1n) is 8.76. The van der Waals surface area contributed by atoms with Crippen LogP contribution in [0, 0.1) is 5.41 Å². The quantitative estimate of drug-likeness (QED) is 0.701. The third-order valence-electron chi connectivity index (χ3n) is 4.34. The molecule has 1 atom stereocenters. The maximum absolute atomic E-state index is 13.1. The predicted molar refractivity (Wildman–Crippen MR) is 100 cm³/mol. The largest absolute Gasteiger partial charge is 0.573 e. The second-order valence-corrected chi connectivity index (χ2v) is 7.60. The molecule has 6 nitrogen and oxygen atoms in total. The lowest BCUT2D eigenvalue weighted by Crippen LogP contribution is -2.34. The van der Waals surface area contributed by atoms with Gasteiger partial charge in [-0.3, -0.25) is 9.55 Å². The molecule has 1 unspecified atom stereocenters. The van der Waals surface area contributed by atoms with Gasteiger partial charge in [0.25, 0.3) is 0 Å². The topological polar surface area (TPSA) is 69.3 Å². The van der Waals surface area contributed by atoms with Gasteiger partial charge in [0.15, 0.2) is 0 Å². The first kappa shape index (κ1) is 20.5. The highest BCUT2D eigenvalue weighted by atomic mass is 19.4. The maximum atomic E-state index is 13.1. The van der Waals surface area contributed by atoms with Gasteiger partial charge in [0, 0.05) is 12.4 Å². The van der Waals surface area contributed by atoms with Crippen LogP contribution >= 0.6 is 0 Å². The van der Waals surface area contributed by atoms with E-state index in [1.807, 2.05) is 20.8 Å². The Morgan fingerprint density at radius 2 is 1.62 bits per heavy atom. The van der Waals surface area contributed by atoms with Crippen molar-refractivity contribution in [2.24, 2.45) is 5.41 Å². The van der Waals surface area contributed by atoms with Crippen molar-refractivity contribution in [3.8, 4) is 17.3 Å². The van der Waals surface area contributed by atoms with E-state index in [9.17, 15) is 23.1 Å². The summed E-state index contributed by atoms with van der Waals surface area (Å²) in [7, 11) is 0. The number of pyridine rings is 1. The van der Waals surface area contributed by atoms with Crippen LogP contribution in [-0.4, -0.2) is 25.6 Å². The molecule has 0 saturated carbocycles. The third-order valence-corrected chi connectivity index (χ3v) is 4.34. The second-order valence-electron chi connectivity index (χ2n) is 7.60. The number of rotatable bonds is 4. The minimum Gasteiger partial charge on any atom is -0.493 e. The summed E-state index contributed by atoms with van der Waals surface area (Å²) in [6.45, 7) is 5.88. The number of alkyl halides is 3. The van der Waals surface area contributed by atoms with Crippen molar-refractivity contribution in [2.75, 3.05) is 0 Å². The number of benzene rings is 1. The predicted octanol–water partition coefficient (Wildman–Crippen LogP) is 4.27. The van der Waals surface area contributed by atoms with E-state index in [-0.39, 0.29) is 17.0 Å². The molecule has 0 aliphatic carbocycles. The lowest BCUT2D eigenvalue weighted by atomic mass is 9.82. The number of aromatic nitrogens is 3. The van der Waals surface area contributed by atoms with Crippen molar-refractivity contribution in [2.45, 2.75) is 33.2 Å². The van der Waals surface area contributed by atoms with Crippen molar-refractivity contribution in [3.05, 3.63) is 71.0 Å². The molecular weight excluding hydrogens is 387 g/mol. The van der Waals surface area contributed by atoms with E-state index in [2.05, 4.69) is 9.72 Å². The van der Waals surface area contributed by atoms with Gasteiger partial charge in [0.05, 0.1) is 17.9 Å². The molecule has 0 spiro atoms. The Bertz CT molecular complexity index is 1030. The van der Waals surface area contributed by atoms with E-state index < -0.39 is 23.8 Å². The highest BCUT2D eigenvalue weighted by Crippen LogP contribution is 2.36. The fourth-order valence-corrected chi connectivity index (χ4v) is 3.30. The molecule has 1 aromatic carbocycles. The zero-order valence-corrected chi connectivity index (χ0v) is 16.0. The molecule has 3 aromatic rings. The molecule has 9 heteroatoms. The lowest BCUT2D eigenvalue weighted by Gasteiger charge is -2.31. The minimum absolute atomic E-state index is 0.211. The van der Waals surface area contributed by atoms with Crippen molar-refractivity contribution in [1.29, 1.82) is 0 Å². The third kappa shape index (κ3) is 4.44. The standard InChI is InChI=1S/C20H20F3N3O3/c1-19(2,3)17(13-8-10-24-11-9-13)25-12-16(27)26(18(25)28)14-4-6-15(7-5-14)29-20(21,22)23/h4-12,17,27H,1-3H3. The van der Waals surface area contributed by atoms with Crippen LogP contribution in [0.3, 0.4) is 0 Å². The molecule has 0 aliphatic heterocycles. The summed E-state index contributed by atoms with van der Waals surface area (Å²) in [5, 5.41) is 10.4. The van der Waals surface area contributed by atoms with Gasteiger partial charge in [-0.1, -0.05) is 20.8 Å². The minimum atomic E-state index is -4.81. The molecule has 2 aromatic heterocycles. The Morgan fingerprint density at radius 3 is 2.14 bits per heavy atom. The molecule has 154 valence electrons. The number of imidazole rings is 1. The van der Waals surface area contributed by atoms with Gasteiger partial charge in [-0.2, -0.15) is 0 Å². The van der Waals surface area contributed by atoms with Crippen molar-refractivity contribution >= 4 is 0 Å². The molecule has 0 bridgehead atoms. The number of hydrogen-bond donors (Lipinski definition) is 1. The van der Waals surface area contributed by atoms with E-state index in [0.29, 0.717) is 0 Å². The lowest BCUT2D eigenvalue weighted by molar-refractivity contribution is -0.274. The number of aromatic hydroxyl groups is 1. The molecule has 0 saturated heterocycles. The molecule has 1 N–H and O–H groups in total. The second kappa shape index (κ2) is 7.31. The Balaban J connectivity index is 2.05. The molecular formula is C20H20F3N3O3. The Morgan fingerprint density at radius 1 is 1.03 bits per heavy atom. The van der Waals surface area contributed by atoms with E-state index >= 15 is 0 Å². The Labute approximate surface area is 164 Å². The van der Waals surface area contributed by atoms with Gasteiger partial charge in [-0.05, 0) is 47.4 Å². The van der Waals surface area contributed by atoms with Crippen LogP contribution in [0.15, 0.2) is 59.8 Å². The van der Waals surface area contributed by atoms with E-state index in [1.54, 1.807) is 24.5 Å². The van der Waals surface area contributed by atoms with Gasteiger partial charge < -0.3 is 9.84 Å². The Hall–Kier alpha value is -3.23. The van der Waals surface area contributed by atoms with E-state index in [0.717, 1.165) is 22.3 Å². The number of nitrogens with zero attached hydrogens (tertiary/aromatic N) is 3. The zero-order chi connectivity index (χ0) is 21.4. The highest BCUT2D eigenvalue weighted by Gasteiger charge is 2.32. The van der Waals surface area contributed by atoms with Gasteiger partial charge >= 0.3 is 12.1 Å². The van der Waals surface area contributed by atoms with Crippen LogP contribution in [0.4, 0.5) is 13.2 Å². The molecule has 29 heavy (non-hydrogen) atoms. The molecule has 0 aliphatic rings. The summed E-state index contributed by atoms with van der Waals surface area (Å²) in [5.41, 5.74) is 0.140. The van der Waals surface area contributed by atoms with Crippen molar-refractivity contribution in [1.82, 2.24) is 14.1 Å². The van der Waals surface area contributed by atoms with Gasteiger partial charge in [0.1, 0.15) is 5.75 Å². The number of ether oxygens (including phenoxy) is 1. The summed E-state index contributed by atoms with van der Waals surface area (Å²) < 4.78 is 43.3. The van der Waals surface area contributed by atoms with Crippen LogP contribution < -0.4 is 10.4 Å². The molecule has 0 amide bonds. The van der Waals surface area contributed by atoms with Gasteiger partial charge in [0.2, 0.25) is 5.88 Å². The average molecular weight is 407 g/mol. The fourth-order valence-electron chi connectivity index (χ4n) is 3.30. The smallest absolute Gasteiger partial charge is 0.493 e. The summed E-state index contributed by atoms with van der Waals surface area (Å²) in [6.07, 6.45) is -0.252. The van der Waals surface area contributed by atoms with Crippen LogP contribution in [0.5, 0.6) is 11.6 Å². The first-order chi connectivity index (χ1) is 13.5. The van der Waals surface area contributed by atoms with Crippen molar-refractivity contribution < 1.29 is 23.0 Å². The average Bonchev–Trinajstić information content (AvgIpc) is 2.88. The summed E-state index contributed by atoms with van der Waals surface area (Å²) in [4.78, 5) is 17.1. The van der Waals surface area contributed by atoms with E-state index in [4.69, 9.17) is 0 Å². The van der Waals surface area contributed by atoms with Crippen LogP contribution in [0.1, 0.15) is 32.4 Å². The van der Waals surface area contributed by atoms with Crippen molar-refractivity contribution in [3.63, 3.8) is 0 Å². The first-order valence-corrected chi connectivity index (χ1v) is 8.76. The fraction of sp³-hybridized carbons (Fsp3) is 0.300. The van der Waals surface area contributed by atoms with E-state index in [1.165, 1.54) is 22.9 Å². The molecule has 3 rings (SSSR count). The number of hydrogen-bond acceptors (Lipinski definition) is 4. The zero-order valence-electron chi connectivity index (χ0n) is 16.0. The van der Waals surface area contributed by atoms with Gasteiger partial charge in [-0.15, -0.1) is 13.2 Å². The van der Waals surface area contributed by atoms with Crippen LogP contribution in [0.2, 0.25) is 0 Å². The summed E-state index contributed by atoms with van der Waals surface area (Å²) in [5.74, 6) is -0.750. The van der Waals surface area contributed by atoms with Crippen LogP contribution in [-0.2, 0) is 0 Å². The summed E-state index contributed by atoms with van der Waals surface area (Å²) >= 11 is 0. The summed E-state index contributed by atoms with van der Waals surface area (Å²) in [6, 6.07) is 7.88. The maximum Gasteiger partial charge on any atom is 0.573 e. The van der Waals surface area contributed by atoms with Crippen LogP contribution in [0.25, 0.3) is 5.69 Å². The SMILES string of the molecule is CC(C)(C)C(c1ccncc1)n1cc(O)n(-c2ccc(OC(F)(F)F)cc2)c1=O. The Kier molecular flexibility index (Phi) is 5.16. The highest BCUT2D eigenvalue weighted by molar-refractivity contribution is 5.40. The molecule has 0 radical (unpaired) electrons. The monoisotopic (exact) mass is 407 g/mol. The normalized spacial score (nSPS) is 13.3. The number of halogens is 3. The molecule has 0 fully saturated rings. The molecule has 2 heterocycles. The van der Waals surface area contributed by atoms with Gasteiger partial charge in [-0.25, -0.2) is 9.36 Å².